The maximum absolute atomic E-state index is 12.6. The molecule has 20 heavy (non-hydrogen) atoms. The number of thiophene rings is 1. The van der Waals surface area contributed by atoms with Crippen molar-refractivity contribution in [1.29, 1.82) is 0 Å². The van der Waals surface area contributed by atoms with Crippen molar-refractivity contribution in [2.24, 2.45) is 5.10 Å². The number of amidine groups is 1. The zero-order valence-corrected chi connectivity index (χ0v) is 12.8. The molecule has 0 aromatic carbocycles. The molecule has 0 saturated carbocycles. The molecule has 0 radical (unpaired) electrons. The average molecular weight is 290 g/mol. The standard InChI is InChI=1S/C14H18N4OS/c1-9(17(2)3)16-18-8-15-13-12(14(18)19)10-6-4-5-7-11(10)20-13/h8H,4-7H2,1-3H3. The summed E-state index contributed by atoms with van der Waals surface area (Å²) in [5.41, 5.74) is 1.16. The number of hydrogen-bond donors (Lipinski definition) is 0. The molecule has 0 amide bonds. The summed E-state index contributed by atoms with van der Waals surface area (Å²) >= 11 is 1.66. The van der Waals surface area contributed by atoms with Crippen LogP contribution in [0.2, 0.25) is 0 Å². The minimum atomic E-state index is -0.0457. The van der Waals surface area contributed by atoms with E-state index in [1.165, 1.54) is 27.9 Å². The summed E-state index contributed by atoms with van der Waals surface area (Å²) in [5, 5.41) is 5.11. The smallest absolute Gasteiger partial charge is 0.283 e. The number of hydrogen-bond acceptors (Lipinski definition) is 4. The van der Waals surface area contributed by atoms with Crippen LogP contribution in [0.25, 0.3) is 10.2 Å². The van der Waals surface area contributed by atoms with Crippen molar-refractivity contribution < 1.29 is 0 Å². The second-order valence-corrected chi connectivity index (χ2v) is 6.41. The first kappa shape index (κ1) is 13.3. The molecule has 0 fully saturated rings. The van der Waals surface area contributed by atoms with E-state index >= 15 is 0 Å². The summed E-state index contributed by atoms with van der Waals surface area (Å²) in [7, 11) is 3.81. The predicted molar refractivity (Wildman–Crippen MR) is 82.7 cm³/mol. The fourth-order valence-corrected chi connectivity index (χ4v) is 3.67. The Kier molecular flexibility index (Phi) is 3.33. The van der Waals surface area contributed by atoms with Gasteiger partial charge >= 0.3 is 0 Å². The van der Waals surface area contributed by atoms with E-state index in [1.54, 1.807) is 11.3 Å². The first-order valence-electron chi connectivity index (χ1n) is 6.82. The van der Waals surface area contributed by atoms with E-state index < -0.39 is 0 Å². The zero-order valence-electron chi connectivity index (χ0n) is 12.0. The van der Waals surface area contributed by atoms with Crippen LogP contribution in [0.15, 0.2) is 16.2 Å². The number of nitrogens with zero attached hydrogens (tertiary/aromatic N) is 4. The molecule has 0 spiro atoms. The fraction of sp³-hybridized carbons (Fsp3) is 0.500. The maximum Gasteiger partial charge on any atom is 0.283 e. The van der Waals surface area contributed by atoms with E-state index in [0.29, 0.717) is 0 Å². The summed E-state index contributed by atoms with van der Waals surface area (Å²) in [6.45, 7) is 1.87. The quantitative estimate of drug-likeness (QED) is 0.597. The van der Waals surface area contributed by atoms with Crippen molar-refractivity contribution in [2.45, 2.75) is 32.6 Å². The van der Waals surface area contributed by atoms with Gasteiger partial charge in [-0.2, -0.15) is 9.78 Å². The molecule has 0 saturated heterocycles. The van der Waals surface area contributed by atoms with Gasteiger partial charge in [0, 0.05) is 19.0 Å². The van der Waals surface area contributed by atoms with Crippen LogP contribution in [0.1, 0.15) is 30.2 Å². The van der Waals surface area contributed by atoms with Crippen LogP contribution in [0.5, 0.6) is 0 Å². The molecular formula is C14H18N4OS. The first-order chi connectivity index (χ1) is 9.58. The van der Waals surface area contributed by atoms with Crippen LogP contribution in [0.4, 0.5) is 0 Å². The molecule has 0 atom stereocenters. The largest absolute Gasteiger partial charge is 0.365 e. The Balaban J connectivity index is 2.20. The molecule has 6 heteroatoms. The number of fused-ring (bicyclic) bond motifs is 3. The third-order valence-corrected chi connectivity index (χ3v) is 4.96. The van der Waals surface area contributed by atoms with Crippen molar-refractivity contribution in [1.82, 2.24) is 14.6 Å². The van der Waals surface area contributed by atoms with Crippen LogP contribution in [-0.4, -0.2) is 34.5 Å². The molecule has 3 rings (SSSR count). The Morgan fingerprint density at radius 3 is 2.90 bits per heavy atom. The van der Waals surface area contributed by atoms with Crippen LogP contribution >= 0.6 is 11.3 Å². The lowest BCUT2D eigenvalue weighted by atomic mass is 9.97. The van der Waals surface area contributed by atoms with Gasteiger partial charge in [0.15, 0.2) is 0 Å². The second kappa shape index (κ2) is 5.01. The molecule has 2 heterocycles. The van der Waals surface area contributed by atoms with E-state index in [2.05, 4.69) is 10.1 Å². The Morgan fingerprint density at radius 1 is 1.40 bits per heavy atom. The molecule has 1 aliphatic carbocycles. The van der Waals surface area contributed by atoms with Crippen molar-refractivity contribution in [3.63, 3.8) is 0 Å². The average Bonchev–Trinajstić information content (AvgIpc) is 2.80. The topological polar surface area (TPSA) is 50.5 Å². The second-order valence-electron chi connectivity index (χ2n) is 5.33. The van der Waals surface area contributed by atoms with E-state index in [-0.39, 0.29) is 5.56 Å². The number of rotatable bonds is 1. The van der Waals surface area contributed by atoms with Crippen LogP contribution < -0.4 is 5.56 Å². The SMILES string of the molecule is CC(=Nn1cnc2sc3c(c2c1=O)CCCC3)N(C)C. The van der Waals surface area contributed by atoms with Gasteiger partial charge in [-0.15, -0.1) is 11.3 Å². The normalized spacial score (nSPS) is 15.4. The number of aryl methyl sites for hydroxylation is 2. The van der Waals surface area contributed by atoms with Gasteiger partial charge in [0.05, 0.1) is 5.39 Å². The van der Waals surface area contributed by atoms with Gasteiger partial charge in [-0.25, -0.2) is 4.98 Å². The first-order valence-corrected chi connectivity index (χ1v) is 7.64. The van der Waals surface area contributed by atoms with Crippen molar-refractivity contribution in [3.8, 4) is 0 Å². The van der Waals surface area contributed by atoms with Crippen LogP contribution in [0.3, 0.4) is 0 Å². The summed E-state index contributed by atoms with van der Waals surface area (Å²) in [4.78, 5) is 21.1. The minimum absolute atomic E-state index is 0.0457. The van der Waals surface area contributed by atoms with Gasteiger partial charge < -0.3 is 4.90 Å². The lowest BCUT2D eigenvalue weighted by Crippen LogP contribution is -2.24. The van der Waals surface area contributed by atoms with Crippen molar-refractivity contribution >= 4 is 27.4 Å². The third-order valence-electron chi connectivity index (χ3n) is 3.76. The highest BCUT2D eigenvalue weighted by Gasteiger charge is 2.19. The maximum atomic E-state index is 12.6. The molecule has 1 aliphatic rings. The van der Waals surface area contributed by atoms with Gasteiger partial charge in [0.1, 0.15) is 17.0 Å². The summed E-state index contributed by atoms with van der Waals surface area (Å²) in [6.07, 6.45) is 5.97. The van der Waals surface area contributed by atoms with E-state index in [0.717, 1.165) is 35.3 Å². The van der Waals surface area contributed by atoms with E-state index in [9.17, 15) is 4.79 Å². The minimum Gasteiger partial charge on any atom is -0.365 e. The fourth-order valence-electron chi connectivity index (χ4n) is 2.45. The Morgan fingerprint density at radius 2 is 2.15 bits per heavy atom. The highest BCUT2D eigenvalue weighted by Crippen LogP contribution is 2.33. The van der Waals surface area contributed by atoms with Gasteiger partial charge in [-0.1, -0.05) is 0 Å². The molecule has 5 nitrogen and oxygen atoms in total. The molecule has 0 unspecified atom stereocenters. The zero-order chi connectivity index (χ0) is 14.3. The molecular weight excluding hydrogens is 272 g/mol. The van der Waals surface area contributed by atoms with Gasteiger partial charge in [0.2, 0.25) is 0 Å². The van der Waals surface area contributed by atoms with Crippen molar-refractivity contribution in [2.75, 3.05) is 14.1 Å². The van der Waals surface area contributed by atoms with E-state index in [1.807, 2.05) is 25.9 Å². The lowest BCUT2D eigenvalue weighted by Gasteiger charge is -2.11. The van der Waals surface area contributed by atoms with E-state index in [4.69, 9.17) is 0 Å². The third kappa shape index (κ3) is 2.14. The molecule has 0 N–H and O–H groups in total. The molecule has 106 valence electrons. The lowest BCUT2D eigenvalue weighted by molar-refractivity contribution is 0.603. The Labute approximate surface area is 121 Å². The van der Waals surface area contributed by atoms with Gasteiger partial charge in [-0.3, -0.25) is 4.79 Å². The van der Waals surface area contributed by atoms with Crippen LogP contribution in [-0.2, 0) is 12.8 Å². The van der Waals surface area contributed by atoms with Gasteiger partial charge in [-0.05, 0) is 38.2 Å². The Bertz CT molecular complexity index is 741. The monoisotopic (exact) mass is 290 g/mol. The van der Waals surface area contributed by atoms with Crippen LogP contribution in [0, 0.1) is 0 Å². The summed E-state index contributed by atoms with van der Waals surface area (Å²) in [5.74, 6) is 0.775. The highest BCUT2D eigenvalue weighted by molar-refractivity contribution is 7.18. The number of aromatic nitrogens is 2. The molecule has 2 aromatic heterocycles. The van der Waals surface area contributed by atoms with Gasteiger partial charge in [0.25, 0.3) is 5.56 Å². The predicted octanol–water partition coefficient (Wildman–Crippen LogP) is 2.08. The Hall–Kier alpha value is -1.69. The molecule has 0 bridgehead atoms. The summed E-state index contributed by atoms with van der Waals surface area (Å²) in [6, 6.07) is 0. The molecule has 2 aromatic rings. The highest BCUT2D eigenvalue weighted by atomic mass is 32.1. The van der Waals surface area contributed by atoms with Crippen molar-refractivity contribution in [3.05, 3.63) is 27.1 Å². The summed E-state index contributed by atoms with van der Waals surface area (Å²) < 4.78 is 1.36. The molecule has 0 aliphatic heterocycles.